The molecule has 0 aliphatic heterocycles. The zero-order valence-corrected chi connectivity index (χ0v) is 11.5. The van der Waals surface area contributed by atoms with E-state index in [4.69, 9.17) is 0 Å². The highest BCUT2D eigenvalue weighted by Crippen LogP contribution is 2.16. The Labute approximate surface area is 117 Å². The number of anilines is 1. The van der Waals surface area contributed by atoms with Crippen molar-refractivity contribution in [3.8, 4) is 5.75 Å². The van der Waals surface area contributed by atoms with Crippen LogP contribution < -0.4 is 5.32 Å². The topological polar surface area (TPSA) is 65.5 Å². The van der Waals surface area contributed by atoms with Gasteiger partial charge in [0.1, 0.15) is 5.75 Å². The van der Waals surface area contributed by atoms with Gasteiger partial charge in [-0.25, -0.2) is 4.98 Å². The highest BCUT2D eigenvalue weighted by atomic mass is 16.3. The number of carbonyl (C=O) groups excluding carboxylic acids is 1. The van der Waals surface area contributed by atoms with Gasteiger partial charge in [0.05, 0.1) is 0 Å². The van der Waals surface area contributed by atoms with Crippen LogP contribution in [0.5, 0.6) is 5.75 Å². The normalized spacial score (nSPS) is 10.6. The number of hydrogen-bond donors (Lipinski definition) is 2. The molecule has 1 aromatic carbocycles. The van der Waals surface area contributed by atoms with Gasteiger partial charge in [0, 0.05) is 18.4 Å². The molecule has 2 aromatic rings. The summed E-state index contributed by atoms with van der Waals surface area (Å²) >= 11 is 0. The van der Waals surface area contributed by atoms with E-state index in [9.17, 15) is 9.90 Å². The Morgan fingerprint density at radius 2 is 2.10 bits per heavy atom. The predicted molar refractivity (Wildman–Crippen MR) is 77.7 cm³/mol. The molecule has 0 saturated carbocycles. The summed E-state index contributed by atoms with van der Waals surface area (Å²) < 4.78 is 0. The lowest BCUT2D eigenvalue weighted by Crippen LogP contribution is -2.14. The van der Waals surface area contributed by atoms with Crippen LogP contribution in [0, 0.1) is 0 Å². The summed E-state index contributed by atoms with van der Waals surface area (Å²) in [5.74, 6) is -0.556. The van der Waals surface area contributed by atoms with Crippen LogP contribution in [0.4, 0.5) is 5.69 Å². The molecule has 1 aromatic heterocycles. The molecule has 0 atom stereocenters. The van der Waals surface area contributed by atoms with E-state index >= 15 is 0 Å². The molecule has 2 N–H and O–H groups in total. The van der Waals surface area contributed by atoms with Gasteiger partial charge < -0.3 is 15.3 Å². The van der Waals surface area contributed by atoms with Crippen molar-refractivity contribution in [2.24, 2.45) is 0 Å². The Bertz CT molecular complexity index is 612. The SMILES string of the molecule is CN(C)Cc1cccc(NC(=O)c2ncccc2O)c1. The number of carbonyl (C=O) groups is 1. The molecule has 20 heavy (non-hydrogen) atoms. The Balaban J connectivity index is 2.14. The maximum Gasteiger partial charge on any atom is 0.278 e. The molecule has 1 amide bonds. The first-order chi connectivity index (χ1) is 9.56. The highest BCUT2D eigenvalue weighted by molar-refractivity contribution is 6.04. The van der Waals surface area contributed by atoms with Gasteiger partial charge in [0.25, 0.3) is 5.91 Å². The van der Waals surface area contributed by atoms with Crippen molar-refractivity contribution in [3.05, 3.63) is 53.9 Å². The fourth-order valence-electron chi connectivity index (χ4n) is 1.87. The Hall–Kier alpha value is -2.40. The number of pyridine rings is 1. The largest absolute Gasteiger partial charge is 0.505 e. The molecule has 1 heterocycles. The molecule has 0 radical (unpaired) electrons. The third-order valence-electron chi connectivity index (χ3n) is 2.69. The van der Waals surface area contributed by atoms with E-state index in [0.717, 1.165) is 12.1 Å². The number of nitrogens with one attached hydrogen (secondary N) is 1. The molecule has 0 aliphatic rings. The van der Waals surface area contributed by atoms with E-state index < -0.39 is 5.91 Å². The lowest BCUT2D eigenvalue weighted by atomic mass is 10.2. The minimum absolute atomic E-state index is 0.0190. The Morgan fingerprint density at radius 3 is 2.80 bits per heavy atom. The molecule has 104 valence electrons. The van der Waals surface area contributed by atoms with Gasteiger partial charge in [-0.3, -0.25) is 4.79 Å². The second kappa shape index (κ2) is 6.16. The molecule has 2 rings (SSSR count). The van der Waals surface area contributed by atoms with Gasteiger partial charge >= 0.3 is 0 Å². The minimum atomic E-state index is -0.426. The number of benzene rings is 1. The van der Waals surface area contributed by atoms with E-state index in [1.54, 1.807) is 12.1 Å². The maximum atomic E-state index is 12.0. The summed E-state index contributed by atoms with van der Waals surface area (Å²) in [6, 6.07) is 10.6. The van der Waals surface area contributed by atoms with Crippen molar-refractivity contribution in [3.63, 3.8) is 0 Å². The second-order valence-electron chi connectivity index (χ2n) is 4.76. The molecule has 5 nitrogen and oxygen atoms in total. The van der Waals surface area contributed by atoms with Crippen molar-refractivity contribution in [2.75, 3.05) is 19.4 Å². The van der Waals surface area contributed by atoms with Crippen LogP contribution in [0.3, 0.4) is 0 Å². The summed E-state index contributed by atoms with van der Waals surface area (Å²) in [5.41, 5.74) is 1.79. The first-order valence-corrected chi connectivity index (χ1v) is 6.25. The minimum Gasteiger partial charge on any atom is -0.505 e. The van der Waals surface area contributed by atoms with Gasteiger partial charge in [-0.05, 0) is 43.9 Å². The predicted octanol–water partition coefficient (Wildman–Crippen LogP) is 2.10. The van der Waals surface area contributed by atoms with Crippen LogP contribution in [-0.4, -0.2) is 35.0 Å². The van der Waals surface area contributed by atoms with Crippen LogP contribution >= 0.6 is 0 Å². The average Bonchev–Trinajstić information content (AvgIpc) is 2.38. The second-order valence-corrected chi connectivity index (χ2v) is 4.76. The summed E-state index contributed by atoms with van der Waals surface area (Å²) in [6.45, 7) is 0.790. The van der Waals surface area contributed by atoms with E-state index in [1.807, 2.05) is 37.2 Å². The number of aromatic hydroxyl groups is 1. The monoisotopic (exact) mass is 271 g/mol. The molecule has 0 unspecified atom stereocenters. The van der Waals surface area contributed by atoms with Crippen molar-refractivity contribution < 1.29 is 9.90 Å². The van der Waals surface area contributed by atoms with E-state index in [1.165, 1.54) is 12.3 Å². The number of hydrogen-bond acceptors (Lipinski definition) is 4. The van der Waals surface area contributed by atoms with Crippen LogP contribution in [0.1, 0.15) is 16.1 Å². The molecular formula is C15H17N3O2. The van der Waals surface area contributed by atoms with Gasteiger partial charge in [-0.1, -0.05) is 12.1 Å². The van der Waals surface area contributed by atoms with Crippen molar-refractivity contribution >= 4 is 11.6 Å². The number of nitrogens with zero attached hydrogens (tertiary/aromatic N) is 2. The van der Waals surface area contributed by atoms with Crippen molar-refractivity contribution in [1.82, 2.24) is 9.88 Å². The first-order valence-electron chi connectivity index (χ1n) is 6.25. The molecule has 0 fully saturated rings. The van der Waals surface area contributed by atoms with Crippen LogP contribution in [0.2, 0.25) is 0 Å². The van der Waals surface area contributed by atoms with E-state index in [2.05, 4.69) is 10.3 Å². The van der Waals surface area contributed by atoms with Crippen molar-refractivity contribution in [2.45, 2.75) is 6.54 Å². The lowest BCUT2D eigenvalue weighted by Gasteiger charge is -2.11. The van der Waals surface area contributed by atoms with Gasteiger partial charge in [0.2, 0.25) is 0 Å². The smallest absolute Gasteiger partial charge is 0.278 e. The van der Waals surface area contributed by atoms with Crippen LogP contribution in [-0.2, 0) is 6.54 Å². The fraction of sp³-hybridized carbons (Fsp3) is 0.200. The number of amides is 1. The molecule has 0 bridgehead atoms. The average molecular weight is 271 g/mol. The van der Waals surface area contributed by atoms with Crippen LogP contribution in [0.25, 0.3) is 0 Å². The van der Waals surface area contributed by atoms with Gasteiger partial charge in [-0.2, -0.15) is 0 Å². The van der Waals surface area contributed by atoms with Gasteiger partial charge in [-0.15, -0.1) is 0 Å². The van der Waals surface area contributed by atoms with Crippen LogP contribution in [0.15, 0.2) is 42.6 Å². The summed E-state index contributed by atoms with van der Waals surface area (Å²) in [4.78, 5) is 17.9. The fourth-order valence-corrected chi connectivity index (χ4v) is 1.87. The summed E-state index contributed by atoms with van der Waals surface area (Å²) in [6.07, 6.45) is 1.47. The Morgan fingerprint density at radius 1 is 1.30 bits per heavy atom. The zero-order chi connectivity index (χ0) is 14.5. The molecular weight excluding hydrogens is 254 g/mol. The maximum absolute atomic E-state index is 12.0. The molecule has 0 spiro atoms. The van der Waals surface area contributed by atoms with Crippen molar-refractivity contribution in [1.29, 1.82) is 0 Å². The van der Waals surface area contributed by atoms with E-state index in [-0.39, 0.29) is 11.4 Å². The third kappa shape index (κ3) is 3.55. The Kier molecular flexibility index (Phi) is 4.32. The standard InChI is InChI=1S/C15H17N3O2/c1-18(2)10-11-5-3-6-12(9-11)17-15(20)14-13(19)7-4-8-16-14/h3-9,19H,10H2,1-2H3,(H,17,20). The molecule has 0 saturated heterocycles. The first kappa shape index (κ1) is 14.0. The lowest BCUT2D eigenvalue weighted by molar-refractivity contribution is 0.101. The summed E-state index contributed by atoms with van der Waals surface area (Å²) in [5, 5.41) is 12.3. The molecule has 5 heteroatoms. The quantitative estimate of drug-likeness (QED) is 0.893. The number of aromatic nitrogens is 1. The van der Waals surface area contributed by atoms with E-state index in [0.29, 0.717) is 5.69 Å². The van der Waals surface area contributed by atoms with Gasteiger partial charge in [0.15, 0.2) is 5.69 Å². The molecule has 0 aliphatic carbocycles. The third-order valence-corrected chi connectivity index (χ3v) is 2.69. The highest BCUT2D eigenvalue weighted by Gasteiger charge is 2.12. The number of rotatable bonds is 4. The summed E-state index contributed by atoms with van der Waals surface area (Å²) in [7, 11) is 3.97. The zero-order valence-electron chi connectivity index (χ0n) is 11.5.